The summed E-state index contributed by atoms with van der Waals surface area (Å²) in [5, 5.41) is 4.11. The molecule has 10 nitrogen and oxygen atoms in total. The molecule has 1 aliphatic carbocycles. The number of piperazine rings is 1. The number of carbonyl (C=O) groups is 3. The predicted molar refractivity (Wildman–Crippen MR) is 114 cm³/mol. The lowest BCUT2D eigenvalue weighted by Crippen LogP contribution is -2.52. The van der Waals surface area contributed by atoms with E-state index in [2.05, 4.69) is 10.3 Å². The maximum absolute atomic E-state index is 15.0. The summed E-state index contributed by atoms with van der Waals surface area (Å²) in [6.07, 6.45) is -1.78. The molecule has 2 aliphatic heterocycles. The Morgan fingerprint density at radius 2 is 2.06 bits per heavy atom. The standard InChI is InChI=1S/C20H24F2N6O4S/c21-14-5-12(28-9-13(7-23)32-20(28)31)6-15(22)18(14)27-3-1-26(2-4-27)17(29)8-24-19(30)16-10-33-11-25-16/h5,10-11,13,15H,1-4,6-9,23H2,(H,24,30). The van der Waals surface area contributed by atoms with Crippen LogP contribution in [0.5, 0.6) is 0 Å². The van der Waals surface area contributed by atoms with Crippen LogP contribution in [0.25, 0.3) is 0 Å². The monoisotopic (exact) mass is 482 g/mol. The van der Waals surface area contributed by atoms with Crippen LogP contribution >= 0.6 is 11.3 Å². The van der Waals surface area contributed by atoms with Crippen molar-refractivity contribution in [2.24, 2.45) is 5.73 Å². The molecule has 0 radical (unpaired) electrons. The molecular weight excluding hydrogens is 458 g/mol. The van der Waals surface area contributed by atoms with Crippen molar-refractivity contribution >= 4 is 29.2 Å². The summed E-state index contributed by atoms with van der Waals surface area (Å²) in [5.74, 6) is -1.46. The van der Waals surface area contributed by atoms with Gasteiger partial charge in [-0.1, -0.05) is 0 Å². The smallest absolute Gasteiger partial charge is 0.414 e. The van der Waals surface area contributed by atoms with Crippen LogP contribution in [0.4, 0.5) is 13.6 Å². The lowest BCUT2D eigenvalue weighted by atomic mass is 10.0. The van der Waals surface area contributed by atoms with Gasteiger partial charge in [0.25, 0.3) is 5.91 Å². The second kappa shape index (κ2) is 9.83. The fourth-order valence-corrected chi connectivity index (χ4v) is 4.54. The number of carbonyl (C=O) groups excluding carboxylic acids is 3. The van der Waals surface area contributed by atoms with Gasteiger partial charge in [0.2, 0.25) is 5.91 Å². The largest absolute Gasteiger partial charge is 0.443 e. The van der Waals surface area contributed by atoms with Gasteiger partial charge in [-0.2, -0.15) is 0 Å². The molecule has 3 amide bonds. The van der Waals surface area contributed by atoms with Crippen molar-refractivity contribution in [1.82, 2.24) is 25.0 Å². The number of halogens is 2. The number of nitrogens with zero attached hydrogens (tertiary/aromatic N) is 4. The first-order valence-electron chi connectivity index (χ1n) is 10.5. The third-order valence-corrected chi connectivity index (χ3v) is 6.33. The minimum absolute atomic E-state index is 0.0781. The zero-order chi connectivity index (χ0) is 23.5. The van der Waals surface area contributed by atoms with Crippen molar-refractivity contribution in [3.8, 4) is 0 Å². The number of ether oxygens (including phenoxy) is 1. The van der Waals surface area contributed by atoms with Crippen molar-refractivity contribution in [1.29, 1.82) is 0 Å². The van der Waals surface area contributed by atoms with Crippen LogP contribution in [-0.2, 0) is 9.53 Å². The van der Waals surface area contributed by atoms with Crippen molar-refractivity contribution in [2.45, 2.75) is 18.7 Å². The Balaban J connectivity index is 1.33. The van der Waals surface area contributed by atoms with Gasteiger partial charge in [0, 0.05) is 50.2 Å². The van der Waals surface area contributed by atoms with E-state index in [0.29, 0.717) is 0 Å². The molecule has 0 bridgehead atoms. The van der Waals surface area contributed by atoms with E-state index >= 15 is 0 Å². The molecule has 2 unspecified atom stereocenters. The van der Waals surface area contributed by atoms with Crippen LogP contribution in [-0.4, -0.2) is 95.7 Å². The van der Waals surface area contributed by atoms with Crippen molar-refractivity contribution in [3.63, 3.8) is 0 Å². The number of hydrogen-bond donors (Lipinski definition) is 2. The van der Waals surface area contributed by atoms with Crippen LogP contribution in [0.1, 0.15) is 16.9 Å². The lowest BCUT2D eigenvalue weighted by Gasteiger charge is -2.39. The molecule has 0 aromatic carbocycles. The van der Waals surface area contributed by atoms with Gasteiger partial charge >= 0.3 is 6.09 Å². The molecule has 4 rings (SSSR count). The van der Waals surface area contributed by atoms with E-state index in [1.807, 2.05) is 0 Å². The van der Waals surface area contributed by atoms with Crippen LogP contribution in [0.15, 0.2) is 34.2 Å². The van der Waals surface area contributed by atoms with E-state index in [1.54, 1.807) is 15.2 Å². The Hall–Kier alpha value is -3.06. The maximum Gasteiger partial charge on any atom is 0.414 e. The molecule has 3 aliphatic rings. The summed E-state index contributed by atoms with van der Waals surface area (Å²) < 4.78 is 34.9. The third-order valence-electron chi connectivity index (χ3n) is 5.74. The number of thiazole rings is 1. The van der Waals surface area contributed by atoms with Crippen LogP contribution < -0.4 is 11.1 Å². The first kappa shape index (κ1) is 23.1. The molecule has 2 atom stereocenters. The lowest BCUT2D eigenvalue weighted by molar-refractivity contribution is -0.131. The Bertz CT molecular complexity index is 977. The minimum Gasteiger partial charge on any atom is -0.443 e. The number of hydrogen-bond acceptors (Lipinski definition) is 8. The Morgan fingerprint density at radius 1 is 1.30 bits per heavy atom. The number of aromatic nitrogens is 1. The number of cyclic esters (lactones) is 1. The zero-order valence-corrected chi connectivity index (χ0v) is 18.5. The van der Waals surface area contributed by atoms with Gasteiger partial charge in [0.15, 0.2) is 0 Å². The maximum atomic E-state index is 15.0. The highest BCUT2D eigenvalue weighted by atomic mass is 32.1. The number of rotatable bonds is 6. The van der Waals surface area contributed by atoms with E-state index in [0.717, 1.165) is 6.08 Å². The van der Waals surface area contributed by atoms with Gasteiger partial charge in [0.1, 0.15) is 23.8 Å². The van der Waals surface area contributed by atoms with Crippen molar-refractivity contribution in [2.75, 3.05) is 45.8 Å². The second-order valence-electron chi connectivity index (χ2n) is 7.82. The fraction of sp³-hybridized carbons (Fsp3) is 0.500. The fourth-order valence-electron chi connectivity index (χ4n) is 4.00. The molecule has 2 saturated heterocycles. The van der Waals surface area contributed by atoms with E-state index in [1.165, 1.54) is 21.7 Å². The molecule has 1 aromatic rings. The molecule has 178 valence electrons. The summed E-state index contributed by atoms with van der Waals surface area (Å²) in [7, 11) is 0. The summed E-state index contributed by atoms with van der Waals surface area (Å²) in [6.45, 7) is 1.15. The number of nitrogens with one attached hydrogen (secondary N) is 1. The average molecular weight is 483 g/mol. The first-order chi connectivity index (χ1) is 15.9. The second-order valence-corrected chi connectivity index (χ2v) is 8.54. The highest BCUT2D eigenvalue weighted by molar-refractivity contribution is 7.07. The van der Waals surface area contributed by atoms with E-state index in [4.69, 9.17) is 10.5 Å². The topological polar surface area (TPSA) is 121 Å². The van der Waals surface area contributed by atoms with Gasteiger partial charge in [0.05, 0.1) is 24.3 Å². The van der Waals surface area contributed by atoms with Gasteiger partial charge in [-0.05, 0) is 6.08 Å². The molecule has 1 aromatic heterocycles. The number of allylic oxidation sites excluding steroid dienone is 4. The number of nitrogens with two attached hydrogens (primary N) is 1. The van der Waals surface area contributed by atoms with Crippen LogP contribution in [0, 0.1) is 0 Å². The summed E-state index contributed by atoms with van der Waals surface area (Å²) in [5.41, 5.74) is 7.43. The summed E-state index contributed by atoms with van der Waals surface area (Å²) in [4.78, 5) is 44.5. The normalized spacial score (nSPS) is 23.5. The van der Waals surface area contributed by atoms with Crippen LogP contribution in [0.3, 0.4) is 0 Å². The Kier molecular flexibility index (Phi) is 6.88. The zero-order valence-electron chi connectivity index (χ0n) is 17.7. The SMILES string of the molecule is NCC1CN(C2=CC(F)=C(N3CCN(C(=O)CNC(=O)c4cscn4)CC3)C(F)C2)C(=O)O1. The van der Waals surface area contributed by atoms with Gasteiger partial charge in [-0.15, -0.1) is 11.3 Å². The molecule has 13 heteroatoms. The Morgan fingerprint density at radius 3 is 2.67 bits per heavy atom. The van der Waals surface area contributed by atoms with E-state index in [-0.39, 0.29) is 75.2 Å². The molecular formula is C20H24F2N6O4S. The molecule has 2 fully saturated rings. The third kappa shape index (κ3) is 4.98. The highest BCUT2D eigenvalue weighted by Gasteiger charge is 2.38. The van der Waals surface area contributed by atoms with E-state index in [9.17, 15) is 23.2 Å². The van der Waals surface area contributed by atoms with Crippen molar-refractivity contribution < 1.29 is 27.9 Å². The van der Waals surface area contributed by atoms with E-state index < -0.39 is 30.1 Å². The van der Waals surface area contributed by atoms with Crippen LogP contribution in [0.2, 0.25) is 0 Å². The van der Waals surface area contributed by atoms with Gasteiger partial charge in [-0.3, -0.25) is 14.5 Å². The minimum atomic E-state index is -1.63. The number of amides is 3. The molecule has 3 N–H and O–H groups in total. The predicted octanol–water partition coefficient (Wildman–Crippen LogP) is 0.603. The Labute approximate surface area is 192 Å². The molecule has 0 saturated carbocycles. The number of alkyl halides is 1. The molecule has 33 heavy (non-hydrogen) atoms. The van der Waals surface area contributed by atoms with Crippen molar-refractivity contribution in [3.05, 3.63) is 39.9 Å². The average Bonchev–Trinajstić information content (AvgIpc) is 3.47. The van der Waals surface area contributed by atoms with Gasteiger partial charge in [-0.25, -0.2) is 18.6 Å². The summed E-state index contributed by atoms with van der Waals surface area (Å²) in [6, 6.07) is 0. The highest BCUT2D eigenvalue weighted by Crippen LogP contribution is 2.34. The first-order valence-corrected chi connectivity index (χ1v) is 11.4. The summed E-state index contributed by atoms with van der Waals surface area (Å²) >= 11 is 1.28. The molecule has 3 heterocycles. The molecule has 0 spiro atoms. The quantitative estimate of drug-likeness (QED) is 0.609. The van der Waals surface area contributed by atoms with Gasteiger partial charge < -0.3 is 25.6 Å².